The van der Waals surface area contributed by atoms with Gasteiger partial charge < -0.3 is 9.64 Å². The molecule has 1 unspecified atom stereocenters. The van der Waals surface area contributed by atoms with Crippen molar-refractivity contribution < 1.29 is 4.74 Å². The SMILES string of the molecule is CN(CC1CCCO1)c1ncc(CCl)cc1Cl. The van der Waals surface area contributed by atoms with Gasteiger partial charge in [-0.1, -0.05) is 11.6 Å². The number of rotatable bonds is 4. The predicted molar refractivity (Wildman–Crippen MR) is 71.0 cm³/mol. The number of ether oxygens (including phenoxy) is 1. The standard InChI is InChI=1S/C12H16Cl2N2O/c1-16(8-10-3-2-4-17-10)12-11(14)5-9(6-13)7-15-12/h5,7,10H,2-4,6,8H2,1H3. The van der Waals surface area contributed by atoms with Gasteiger partial charge in [0.2, 0.25) is 0 Å². The van der Waals surface area contributed by atoms with Crippen LogP contribution in [0.15, 0.2) is 12.3 Å². The number of hydrogen-bond acceptors (Lipinski definition) is 3. The number of hydrogen-bond donors (Lipinski definition) is 0. The molecule has 2 rings (SSSR count). The topological polar surface area (TPSA) is 25.4 Å². The molecule has 0 spiro atoms. The van der Waals surface area contributed by atoms with Crippen LogP contribution in [-0.2, 0) is 10.6 Å². The van der Waals surface area contributed by atoms with Crippen molar-refractivity contribution in [2.45, 2.75) is 24.8 Å². The molecule has 0 aromatic carbocycles. The molecule has 1 saturated heterocycles. The van der Waals surface area contributed by atoms with Crippen molar-refractivity contribution in [1.29, 1.82) is 0 Å². The maximum Gasteiger partial charge on any atom is 0.147 e. The average molecular weight is 275 g/mol. The van der Waals surface area contributed by atoms with Crippen molar-refractivity contribution >= 4 is 29.0 Å². The maximum absolute atomic E-state index is 6.18. The lowest BCUT2D eigenvalue weighted by molar-refractivity contribution is 0.116. The molecule has 1 aliphatic rings. The Labute approximate surface area is 112 Å². The van der Waals surface area contributed by atoms with Crippen LogP contribution in [-0.4, -0.2) is 31.3 Å². The fourth-order valence-electron chi connectivity index (χ4n) is 2.00. The van der Waals surface area contributed by atoms with E-state index < -0.39 is 0 Å². The van der Waals surface area contributed by atoms with E-state index in [1.807, 2.05) is 18.0 Å². The van der Waals surface area contributed by atoms with Crippen LogP contribution in [0.3, 0.4) is 0 Å². The Hall–Kier alpha value is -0.510. The van der Waals surface area contributed by atoms with Crippen molar-refractivity contribution in [1.82, 2.24) is 4.98 Å². The smallest absolute Gasteiger partial charge is 0.147 e. The summed E-state index contributed by atoms with van der Waals surface area (Å²) in [5, 5.41) is 0.642. The van der Waals surface area contributed by atoms with Crippen LogP contribution < -0.4 is 4.90 Å². The molecular weight excluding hydrogens is 259 g/mol. The number of pyridine rings is 1. The summed E-state index contributed by atoms with van der Waals surface area (Å²) in [6.07, 6.45) is 4.32. The highest BCUT2D eigenvalue weighted by molar-refractivity contribution is 6.33. The fourth-order valence-corrected chi connectivity index (χ4v) is 2.48. The molecule has 0 aliphatic carbocycles. The number of likely N-dealkylation sites (N-methyl/N-ethyl adjacent to an activating group) is 1. The Morgan fingerprint density at radius 3 is 3.00 bits per heavy atom. The van der Waals surface area contributed by atoms with Crippen LogP contribution in [0, 0.1) is 0 Å². The van der Waals surface area contributed by atoms with E-state index in [9.17, 15) is 0 Å². The first kappa shape index (κ1) is 12.9. The molecule has 1 fully saturated rings. The van der Waals surface area contributed by atoms with Crippen molar-refractivity contribution in [3.05, 3.63) is 22.8 Å². The summed E-state index contributed by atoms with van der Waals surface area (Å²) in [6.45, 7) is 1.69. The molecule has 2 heterocycles. The second kappa shape index (κ2) is 5.89. The summed E-state index contributed by atoms with van der Waals surface area (Å²) >= 11 is 11.9. The van der Waals surface area contributed by atoms with Crippen LogP contribution in [0.1, 0.15) is 18.4 Å². The van der Waals surface area contributed by atoms with Gasteiger partial charge in [0.15, 0.2) is 0 Å². The summed E-state index contributed by atoms with van der Waals surface area (Å²) in [7, 11) is 1.98. The van der Waals surface area contributed by atoms with Gasteiger partial charge in [0.05, 0.1) is 11.1 Å². The second-order valence-corrected chi connectivity index (χ2v) is 4.97. The largest absolute Gasteiger partial charge is 0.376 e. The molecule has 0 radical (unpaired) electrons. The third-order valence-corrected chi connectivity index (χ3v) is 3.48. The zero-order valence-electron chi connectivity index (χ0n) is 9.83. The summed E-state index contributed by atoms with van der Waals surface area (Å²) in [6, 6.07) is 1.86. The summed E-state index contributed by atoms with van der Waals surface area (Å²) < 4.78 is 5.60. The first-order valence-electron chi connectivity index (χ1n) is 5.74. The van der Waals surface area contributed by atoms with Gasteiger partial charge in [0, 0.05) is 32.3 Å². The zero-order chi connectivity index (χ0) is 12.3. The first-order chi connectivity index (χ1) is 8.20. The fraction of sp³-hybridized carbons (Fsp3) is 0.583. The van der Waals surface area contributed by atoms with Gasteiger partial charge in [-0.25, -0.2) is 4.98 Å². The van der Waals surface area contributed by atoms with Crippen molar-refractivity contribution in [3.8, 4) is 0 Å². The zero-order valence-corrected chi connectivity index (χ0v) is 11.3. The van der Waals surface area contributed by atoms with Gasteiger partial charge in [-0.05, 0) is 24.5 Å². The number of alkyl halides is 1. The monoisotopic (exact) mass is 274 g/mol. The van der Waals surface area contributed by atoms with Gasteiger partial charge in [-0.15, -0.1) is 11.6 Å². The minimum absolute atomic E-state index is 0.297. The normalized spacial score (nSPS) is 19.6. The van der Waals surface area contributed by atoms with E-state index >= 15 is 0 Å². The number of anilines is 1. The van der Waals surface area contributed by atoms with E-state index in [0.717, 1.165) is 37.4 Å². The third-order valence-electron chi connectivity index (χ3n) is 2.90. The van der Waals surface area contributed by atoms with Gasteiger partial charge in [0.25, 0.3) is 0 Å². The lowest BCUT2D eigenvalue weighted by Gasteiger charge is -2.22. The van der Waals surface area contributed by atoms with Crippen LogP contribution in [0.25, 0.3) is 0 Å². The van der Waals surface area contributed by atoms with Crippen LogP contribution >= 0.6 is 23.2 Å². The van der Waals surface area contributed by atoms with Crippen molar-refractivity contribution in [3.63, 3.8) is 0 Å². The van der Waals surface area contributed by atoms with Crippen molar-refractivity contribution in [2.75, 3.05) is 25.1 Å². The van der Waals surface area contributed by atoms with E-state index in [1.54, 1.807) is 6.20 Å². The lowest BCUT2D eigenvalue weighted by Crippen LogP contribution is -2.29. The van der Waals surface area contributed by atoms with Crippen LogP contribution in [0.4, 0.5) is 5.82 Å². The van der Waals surface area contributed by atoms with Crippen LogP contribution in [0.5, 0.6) is 0 Å². The third kappa shape index (κ3) is 3.24. The molecule has 0 bridgehead atoms. The summed E-state index contributed by atoms with van der Waals surface area (Å²) in [4.78, 5) is 6.38. The highest BCUT2D eigenvalue weighted by Gasteiger charge is 2.19. The highest BCUT2D eigenvalue weighted by Crippen LogP contribution is 2.25. The number of nitrogens with zero attached hydrogens (tertiary/aromatic N) is 2. The van der Waals surface area contributed by atoms with E-state index in [0.29, 0.717) is 17.0 Å². The van der Waals surface area contributed by atoms with Gasteiger partial charge in [-0.2, -0.15) is 0 Å². The minimum atomic E-state index is 0.297. The molecule has 94 valence electrons. The molecular formula is C12H16Cl2N2O. The second-order valence-electron chi connectivity index (χ2n) is 4.30. The number of aromatic nitrogens is 1. The molecule has 1 aromatic heterocycles. The minimum Gasteiger partial charge on any atom is -0.376 e. The van der Waals surface area contributed by atoms with Crippen LogP contribution in [0.2, 0.25) is 5.02 Å². The molecule has 0 amide bonds. The Bertz CT molecular complexity index is 381. The predicted octanol–water partition coefficient (Wildman–Crippen LogP) is 3.09. The number of halogens is 2. The lowest BCUT2D eigenvalue weighted by atomic mass is 10.2. The molecule has 1 atom stereocenters. The Morgan fingerprint density at radius 1 is 1.59 bits per heavy atom. The average Bonchev–Trinajstić information content (AvgIpc) is 2.81. The molecule has 1 aromatic rings. The van der Waals surface area contributed by atoms with E-state index in [1.165, 1.54) is 0 Å². The molecule has 0 saturated carbocycles. The first-order valence-corrected chi connectivity index (χ1v) is 6.65. The highest BCUT2D eigenvalue weighted by atomic mass is 35.5. The van der Waals surface area contributed by atoms with Gasteiger partial charge in [-0.3, -0.25) is 0 Å². The van der Waals surface area contributed by atoms with Gasteiger partial charge in [0.1, 0.15) is 5.82 Å². The quantitative estimate of drug-likeness (QED) is 0.789. The summed E-state index contributed by atoms with van der Waals surface area (Å²) in [5.74, 6) is 1.22. The molecule has 17 heavy (non-hydrogen) atoms. The molecule has 3 nitrogen and oxygen atoms in total. The Morgan fingerprint density at radius 2 is 2.41 bits per heavy atom. The molecule has 0 N–H and O–H groups in total. The van der Waals surface area contributed by atoms with E-state index in [2.05, 4.69) is 4.98 Å². The molecule has 5 heteroatoms. The van der Waals surface area contributed by atoms with E-state index in [-0.39, 0.29) is 0 Å². The Kier molecular flexibility index (Phi) is 4.48. The summed E-state index contributed by atoms with van der Waals surface area (Å²) in [5.41, 5.74) is 0.936. The van der Waals surface area contributed by atoms with E-state index in [4.69, 9.17) is 27.9 Å². The van der Waals surface area contributed by atoms with Gasteiger partial charge >= 0.3 is 0 Å². The Balaban J connectivity index is 2.04. The van der Waals surface area contributed by atoms with Crippen molar-refractivity contribution in [2.24, 2.45) is 0 Å². The molecule has 1 aliphatic heterocycles. The maximum atomic E-state index is 6.18.